The molecule has 0 aromatic heterocycles. The van der Waals surface area contributed by atoms with Crippen LogP contribution in [0.1, 0.15) is 11.1 Å². The standard InChI is InChI=1S/C18H18ClF3N2O3S/c1-28(26,27)24(10-9-13-5-3-2-4-6-13)12-17(25)23-14-7-8-16(19)15(11-14)18(20,21)22/h2-8,11H,9-10,12H2,1H3,(H,23,25). The molecule has 0 heterocycles. The minimum atomic E-state index is -4.67. The minimum Gasteiger partial charge on any atom is -0.325 e. The Morgan fingerprint density at radius 3 is 2.36 bits per heavy atom. The summed E-state index contributed by atoms with van der Waals surface area (Å²) >= 11 is 5.54. The third-order valence-corrected chi connectivity index (χ3v) is 5.42. The lowest BCUT2D eigenvalue weighted by atomic mass is 10.1. The lowest BCUT2D eigenvalue weighted by Gasteiger charge is -2.20. The summed E-state index contributed by atoms with van der Waals surface area (Å²) in [6.07, 6.45) is -3.32. The molecule has 0 saturated heterocycles. The van der Waals surface area contributed by atoms with Crippen molar-refractivity contribution in [2.75, 3.05) is 24.7 Å². The fraction of sp³-hybridized carbons (Fsp3) is 0.278. The van der Waals surface area contributed by atoms with Gasteiger partial charge in [0.2, 0.25) is 15.9 Å². The van der Waals surface area contributed by atoms with Crippen molar-refractivity contribution >= 4 is 33.2 Å². The molecule has 0 fully saturated rings. The molecule has 0 atom stereocenters. The topological polar surface area (TPSA) is 66.5 Å². The smallest absolute Gasteiger partial charge is 0.325 e. The molecular weight excluding hydrogens is 417 g/mol. The van der Waals surface area contributed by atoms with E-state index in [2.05, 4.69) is 5.32 Å². The average molecular weight is 435 g/mol. The van der Waals surface area contributed by atoms with Crippen LogP contribution in [-0.2, 0) is 27.4 Å². The summed E-state index contributed by atoms with van der Waals surface area (Å²) in [5.74, 6) is -0.756. The second kappa shape index (κ2) is 8.93. The first-order valence-corrected chi connectivity index (χ1v) is 10.3. The van der Waals surface area contributed by atoms with Crippen molar-refractivity contribution < 1.29 is 26.4 Å². The van der Waals surface area contributed by atoms with E-state index in [0.717, 1.165) is 22.2 Å². The van der Waals surface area contributed by atoms with Gasteiger partial charge in [0.15, 0.2) is 0 Å². The van der Waals surface area contributed by atoms with Crippen LogP contribution < -0.4 is 5.32 Å². The van der Waals surface area contributed by atoms with Crippen LogP contribution in [0.3, 0.4) is 0 Å². The molecule has 2 aromatic carbocycles. The lowest BCUT2D eigenvalue weighted by Crippen LogP contribution is -2.38. The Hall–Kier alpha value is -2.10. The minimum absolute atomic E-state index is 0.0602. The van der Waals surface area contributed by atoms with Gasteiger partial charge in [-0.05, 0) is 30.2 Å². The van der Waals surface area contributed by atoms with Crippen LogP contribution in [0.4, 0.5) is 18.9 Å². The Balaban J connectivity index is 2.08. The third-order valence-electron chi connectivity index (χ3n) is 3.84. The van der Waals surface area contributed by atoms with Gasteiger partial charge in [0.1, 0.15) is 0 Å². The second-order valence-corrected chi connectivity index (χ2v) is 8.46. The quantitative estimate of drug-likeness (QED) is 0.720. The molecule has 5 nitrogen and oxygen atoms in total. The highest BCUT2D eigenvalue weighted by Crippen LogP contribution is 2.36. The van der Waals surface area contributed by atoms with Gasteiger partial charge in [0, 0.05) is 12.2 Å². The predicted molar refractivity (Wildman–Crippen MR) is 102 cm³/mol. The van der Waals surface area contributed by atoms with Crippen LogP contribution in [0.5, 0.6) is 0 Å². The number of sulfonamides is 1. The van der Waals surface area contributed by atoms with E-state index in [9.17, 15) is 26.4 Å². The maximum atomic E-state index is 12.9. The van der Waals surface area contributed by atoms with E-state index >= 15 is 0 Å². The van der Waals surface area contributed by atoms with E-state index in [-0.39, 0.29) is 12.2 Å². The Morgan fingerprint density at radius 1 is 1.14 bits per heavy atom. The number of hydrogen-bond acceptors (Lipinski definition) is 3. The number of nitrogens with one attached hydrogen (secondary N) is 1. The van der Waals surface area contributed by atoms with Crippen molar-refractivity contribution in [1.82, 2.24) is 4.31 Å². The Labute approximate surface area is 166 Å². The number of halogens is 4. The van der Waals surface area contributed by atoms with Gasteiger partial charge in [0.25, 0.3) is 0 Å². The summed E-state index contributed by atoms with van der Waals surface area (Å²) in [6.45, 7) is -0.458. The van der Waals surface area contributed by atoms with Gasteiger partial charge in [-0.25, -0.2) is 8.42 Å². The second-order valence-electron chi connectivity index (χ2n) is 6.07. The normalized spacial score (nSPS) is 12.2. The van der Waals surface area contributed by atoms with Crippen molar-refractivity contribution in [2.45, 2.75) is 12.6 Å². The molecule has 0 bridgehead atoms. The number of benzene rings is 2. The highest BCUT2D eigenvalue weighted by Gasteiger charge is 2.33. The summed E-state index contributed by atoms with van der Waals surface area (Å²) in [5.41, 5.74) is -0.321. The third kappa shape index (κ3) is 6.50. The first-order valence-electron chi connectivity index (χ1n) is 8.12. The fourth-order valence-electron chi connectivity index (χ4n) is 2.44. The van der Waals surface area contributed by atoms with E-state index < -0.39 is 39.2 Å². The van der Waals surface area contributed by atoms with Gasteiger partial charge < -0.3 is 5.32 Å². The number of rotatable bonds is 7. The zero-order chi connectivity index (χ0) is 20.9. The molecule has 2 rings (SSSR count). The largest absolute Gasteiger partial charge is 0.417 e. The average Bonchev–Trinajstić information content (AvgIpc) is 2.59. The number of nitrogens with zero attached hydrogens (tertiary/aromatic N) is 1. The van der Waals surface area contributed by atoms with Gasteiger partial charge >= 0.3 is 6.18 Å². The molecule has 0 saturated carbocycles. The van der Waals surface area contributed by atoms with Crippen molar-refractivity contribution in [2.24, 2.45) is 0 Å². The number of anilines is 1. The van der Waals surface area contributed by atoms with Crippen molar-refractivity contribution in [3.05, 3.63) is 64.7 Å². The monoisotopic (exact) mass is 434 g/mol. The van der Waals surface area contributed by atoms with Crippen LogP contribution in [0.25, 0.3) is 0 Å². The first-order chi connectivity index (χ1) is 13.0. The molecule has 0 aliphatic heterocycles. The van der Waals surface area contributed by atoms with E-state index in [1.165, 1.54) is 6.07 Å². The fourth-order valence-corrected chi connectivity index (χ4v) is 3.44. The number of carbonyl (C=O) groups excluding carboxylic acids is 1. The Bertz CT molecular complexity index is 935. The van der Waals surface area contributed by atoms with E-state index in [0.29, 0.717) is 12.5 Å². The predicted octanol–water partition coefficient (Wildman–Crippen LogP) is 3.80. The highest BCUT2D eigenvalue weighted by atomic mass is 35.5. The number of amides is 1. The maximum Gasteiger partial charge on any atom is 0.417 e. The summed E-state index contributed by atoms with van der Waals surface area (Å²) in [5, 5.41) is 1.78. The van der Waals surface area contributed by atoms with Gasteiger partial charge in [-0.1, -0.05) is 41.9 Å². The zero-order valence-electron chi connectivity index (χ0n) is 14.8. The molecule has 28 heavy (non-hydrogen) atoms. The van der Waals surface area contributed by atoms with Gasteiger partial charge in [0.05, 0.1) is 23.4 Å². The summed E-state index contributed by atoms with van der Waals surface area (Å²) in [7, 11) is -3.69. The molecule has 0 aliphatic rings. The van der Waals surface area contributed by atoms with Crippen molar-refractivity contribution in [3.8, 4) is 0 Å². The summed E-state index contributed by atoms with van der Waals surface area (Å²) in [4.78, 5) is 12.2. The van der Waals surface area contributed by atoms with Crippen LogP contribution in [0.2, 0.25) is 5.02 Å². The zero-order valence-corrected chi connectivity index (χ0v) is 16.4. The van der Waals surface area contributed by atoms with Crippen molar-refractivity contribution in [3.63, 3.8) is 0 Å². The Morgan fingerprint density at radius 2 is 1.79 bits per heavy atom. The molecule has 2 aromatic rings. The van der Waals surface area contributed by atoms with E-state index in [1.807, 2.05) is 30.3 Å². The molecule has 0 aliphatic carbocycles. The van der Waals surface area contributed by atoms with Crippen LogP contribution in [0.15, 0.2) is 48.5 Å². The Kier molecular flexibility index (Phi) is 7.08. The molecule has 1 amide bonds. The number of alkyl halides is 3. The first kappa shape index (κ1) is 22.2. The molecule has 0 unspecified atom stereocenters. The van der Waals surface area contributed by atoms with Gasteiger partial charge in [-0.15, -0.1) is 0 Å². The summed E-state index contributed by atoms with van der Waals surface area (Å²) in [6, 6.07) is 12.0. The highest BCUT2D eigenvalue weighted by molar-refractivity contribution is 7.88. The van der Waals surface area contributed by atoms with Crippen LogP contribution in [0, 0.1) is 0 Å². The molecule has 0 radical (unpaired) electrons. The molecule has 1 N–H and O–H groups in total. The SMILES string of the molecule is CS(=O)(=O)N(CCc1ccccc1)CC(=O)Nc1ccc(Cl)c(C(F)(F)F)c1. The maximum absolute atomic E-state index is 12.9. The van der Waals surface area contributed by atoms with E-state index in [4.69, 9.17) is 11.6 Å². The summed E-state index contributed by atoms with van der Waals surface area (Å²) < 4.78 is 63.6. The van der Waals surface area contributed by atoms with Crippen LogP contribution in [-0.4, -0.2) is 38.0 Å². The molecule has 152 valence electrons. The van der Waals surface area contributed by atoms with Crippen molar-refractivity contribution in [1.29, 1.82) is 0 Å². The number of carbonyl (C=O) groups is 1. The van der Waals surface area contributed by atoms with Gasteiger partial charge in [-0.3, -0.25) is 4.79 Å². The number of hydrogen-bond donors (Lipinski definition) is 1. The van der Waals surface area contributed by atoms with Gasteiger partial charge in [-0.2, -0.15) is 17.5 Å². The molecule has 0 spiro atoms. The van der Waals surface area contributed by atoms with E-state index in [1.54, 1.807) is 0 Å². The lowest BCUT2D eigenvalue weighted by molar-refractivity contribution is -0.137. The molecular formula is C18H18ClF3N2O3S. The molecule has 10 heteroatoms. The van der Waals surface area contributed by atoms with Crippen LogP contribution >= 0.6 is 11.6 Å².